The summed E-state index contributed by atoms with van der Waals surface area (Å²) in [5, 5.41) is 5.26. The molecule has 3 nitrogen and oxygen atoms in total. The van der Waals surface area contributed by atoms with E-state index in [0.717, 1.165) is 16.8 Å². The maximum atomic E-state index is 13.0. The molecule has 5 heteroatoms. The fraction of sp³-hybridized carbons (Fsp3) is 0.273. The second-order valence-electron chi connectivity index (χ2n) is 7.54. The van der Waals surface area contributed by atoms with Crippen LogP contribution >= 0.6 is 11.3 Å². The zero-order valence-electron chi connectivity index (χ0n) is 15.8. The van der Waals surface area contributed by atoms with Crippen molar-refractivity contribution in [1.29, 1.82) is 0 Å². The molecule has 1 aromatic heterocycles. The van der Waals surface area contributed by atoms with E-state index in [-0.39, 0.29) is 17.1 Å². The van der Waals surface area contributed by atoms with Crippen molar-refractivity contribution in [2.75, 3.05) is 5.32 Å². The van der Waals surface area contributed by atoms with Gasteiger partial charge in [0.2, 0.25) is 5.91 Å². The van der Waals surface area contributed by atoms with Crippen molar-refractivity contribution in [2.45, 2.75) is 39.0 Å². The largest absolute Gasteiger partial charge is 0.302 e. The third kappa shape index (κ3) is 5.23. The van der Waals surface area contributed by atoms with Gasteiger partial charge in [0.15, 0.2) is 5.13 Å². The molecule has 140 valence electrons. The summed E-state index contributed by atoms with van der Waals surface area (Å²) in [7, 11) is 0. The van der Waals surface area contributed by atoms with Gasteiger partial charge in [0, 0.05) is 17.4 Å². The van der Waals surface area contributed by atoms with Crippen LogP contribution in [0.1, 0.15) is 38.3 Å². The first-order valence-electron chi connectivity index (χ1n) is 8.92. The summed E-state index contributed by atoms with van der Waals surface area (Å²) >= 11 is 1.37. The number of aryl methyl sites for hydroxylation is 1. The molecule has 0 aliphatic rings. The van der Waals surface area contributed by atoms with E-state index in [2.05, 4.69) is 55.3 Å². The normalized spacial score (nSPS) is 11.4. The van der Waals surface area contributed by atoms with E-state index in [4.69, 9.17) is 0 Å². The minimum atomic E-state index is -0.280. The predicted octanol–water partition coefficient (Wildman–Crippen LogP) is 5.82. The third-order valence-electron chi connectivity index (χ3n) is 4.35. The van der Waals surface area contributed by atoms with Crippen LogP contribution in [0.5, 0.6) is 0 Å². The van der Waals surface area contributed by atoms with E-state index in [0.29, 0.717) is 18.0 Å². The molecule has 0 fully saturated rings. The lowest BCUT2D eigenvalue weighted by Gasteiger charge is -2.19. The molecule has 2 aromatic carbocycles. The minimum Gasteiger partial charge on any atom is -0.302 e. The van der Waals surface area contributed by atoms with Gasteiger partial charge in [0.25, 0.3) is 0 Å². The number of carbonyl (C=O) groups is 1. The highest BCUT2D eigenvalue weighted by atomic mass is 32.1. The van der Waals surface area contributed by atoms with Crippen LogP contribution in [0.15, 0.2) is 53.9 Å². The maximum Gasteiger partial charge on any atom is 0.226 e. The van der Waals surface area contributed by atoms with Gasteiger partial charge in [0.1, 0.15) is 5.82 Å². The molecule has 0 spiro atoms. The number of nitrogens with zero attached hydrogens (tertiary/aromatic N) is 1. The van der Waals surface area contributed by atoms with Crippen LogP contribution in [0.3, 0.4) is 0 Å². The summed E-state index contributed by atoms with van der Waals surface area (Å²) in [5.74, 6) is -0.340. The van der Waals surface area contributed by atoms with Gasteiger partial charge in [-0.2, -0.15) is 0 Å². The van der Waals surface area contributed by atoms with Gasteiger partial charge in [-0.3, -0.25) is 4.79 Å². The van der Waals surface area contributed by atoms with Crippen LogP contribution in [0, 0.1) is 5.82 Å². The highest BCUT2D eigenvalue weighted by molar-refractivity contribution is 7.14. The average molecular weight is 383 g/mol. The Labute approximate surface area is 163 Å². The predicted molar refractivity (Wildman–Crippen MR) is 110 cm³/mol. The first-order chi connectivity index (χ1) is 12.8. The smallest absolute Gasteiger partial charge is 0.226 e. The molecule has 1 heterocycles. The molecular formula is C22H23FN2OS. The number of thiazole rings is 1. The molecule has 3 rings (SSSR count). The number of hydrogen-bond donors (Lipinski definition) is 1. The monoisotopic (exact) mass is 382 g/mol. The number of nitrogens with one attached hydrogen (secondary N) is 1. The lowest BCUT2D eigenvalue weighted by atomic mass is 9.86. The highest BCUT2D eigenvalue weighted by Crippen LogP contribution is 2.25. The molecule has 1 N–H and O–H groups in total. The first-order valence-corrected chi connectivity index (χ1v) is 9.80. The first kappa shape index (κ1) is 19.2. The van der Waals surface area contributed by atoms with Crippen molar-refractivity contribution in [3.05, 3.63) is 70.9 Å². The summed E-state index contributed by atoms with van der Waals surface area (Å²) in [6.45, 7) is 6.55. The van der Waals surface area contributed by atoms with Crippen LogP contribution in [0.4, 0.5) is 9.52 Å². The average Bonchev–Trinajstić information content (AvgIpc) is 3.08. The molecule has 0 saturated carbocycles. The van der Waals surface area contributed by atoms with Gasteiger partial charge in [-0.05, 0) is 47.2 Å². The Bertz CT molecular complexity index is 909. The Hall–Kier alpha value is -2.53. The lowest BCUT2D eigenvalue weighted by molar-refractivity contribution is -0.116. The zero-order chi connectivity index (χ0) is 19.4. The van der Waals surface area contributed by atoms with Crippen molar-refractivity contribution in [1.82, 2.24) is 4.98 Å². The van der Waals surface area contributed by atoms with Gasteiger partial charge in [-0.1, -0.05) is 45.0 Å². The molecule has 1 amide bonds. The second-order valence-corrected chi connectivity index (χ2v) is 8.40. The molecular weight excluding hydrogens is 359 g/mol. The Kier molecular flexibility index (Phi) is 5.71. The van der Waals surface area contributed by atoms with Gasteiger partial charge < -0.3 is 5.32 Å². The van der Waals surface area contributed by atoms with E-state index < -0.39 is 0 Å². The van der Waals surface area contributed by atoms with Gasteiger partial charge in [-0.25, -0.2) is 9.37 Å². The summed E-state index contributed by atoms with van der Waals surface area (Å²) < 4.78 is 13.0. The summed E-state index contributed by atoms with van der Waals surface area (Å²) in [4.78, 5) is 16.6. The van der Waals surface area contributed by atoms with Crippen molar-refractivity contribution >= 4 is 22.4 Å². The van der Waals surface area contributed by atoms with Crippen molar-refractivity contribution in [3.63, 3.8) is 0 Å². The Morgan fingerprint density at radius 2 is 1.74 bits per heavy atom. The van der Waals surface area contributed by atoms with Crippen molar-refractivity contribution in [2.24, 2.45) is 0 Å². The van der Waals surface area contributed by atoms with Crippen molar-refractivity contribution < 1.29 is 9.18 Å². The number of rotatable bonds is 5. The molecule has 0 radical (unpaired) electrons. The number of anilines is 1. The molecule has 0 saturated heterocycles. The zero-order valence-corrected chi connectivity index (χ0v) is 16.6. The quantitative estimate of drug-likeness (QED) is 0.604. The Balaban J connectivity index is 1.54. The minimum absolute atomic E-state index is 0.0603. The van der Waals surface area contributed by atoms with Gasteiger partial charge >= 0.3 is 0 Å². The molecule has 0 aliphatic heterocycles. The molecule has 0 bridgehead atoms. The van der Waals surface area contributed by atoms with E-state index >= 15 is 0 Å². The van der Waals surface area contributed by atoms with E-state index in [9.17, 15) is 9.18 Å². The van der Waals surface area contributed by atoms with Crippen LogP contribution in [-0.2, 0) is 16.6 Å². The lowest BCUT2D eigenvalue weighted by Crippen LogP contribution is -2.13. The topological polar surface area (TPSA) is 42.0 Å². The molecule has 0 aliphatic carbocycles. The van der Waals surface area contributed by atoms with E-state index in [1.165, 1.54) is 29.0 Å². The highest BCUT2D eigenvalue weighted by Gasteiger charge is 2.13. The number of amides is 1. The number of halogens is 1. The standard InChI is InChI=1S/C22H23FN2OS/c1-22(2,3)17-9-4-15(5-10-17)6-13-20(26)25-21-24-19(14-27-21)16-7-11-18(23)12-8-16/h4-5,7-12,14H,6,13H2,1-3H3,(H,24,25,26). The summed E-state index contributed by atoms with van der Waals surface area (Å²) in [6.07, 6.45) is 1.09. The molecule has 3 aromatic rings. The molecule has 0 atom stereocenters. The fourth-order valence-electron chi connectivity index (χ4n) is 2.70. The number of benzene rings is 2. The second kappa shape index (κ2) is 8.01. The molecule has 0 unspecified atom stereocenters. The van der Waals surface area contributed by atoms with Crippen LogP contribution in [-0.4, -0.2) is 10.9 Å². The summed E-state index contributed by atoms with van der Waals surface area (Å²) in [5.41, 5.74) is 4.11. The van der Waals surface area contributed by atoms with Gasteiger partial charge in [-0.15, -0.1) is 11.3 Å². The Morgan fingerprint density at radius 1 is 1.07 bits per heavy atom. The number of aromatic nitrogens is 1. The van der Waals surface area contributed by atoms with E-state index in [1.807, 2.05) is 5.38 Å². The van der Waals surface area contributed by atoms with Crippen LogP contribution in [0.2, 0.25) is 0 Å². The van der Waals surface area contributed by atoms with Crippen LogP contribution in [0.25, 0.3) is 11.3 Å². The summed E-state index contributed by atoms with van der Waals surface area (Å²) in [6, 6.07) is 14.6. The maximum absolute atomic E-state index is 13.0. The SMILES string of the molecule is CC(C)(C)c1ccc(CCC(=O)Nc2nc(-c3ccc(F)cc3)cs2)cc1. The van der Waals surface area contributed by atoms with Gasteiger partial charge in [0.05, 0.1) is 5.69 Å². The fourth-order valence-corrected chi connectivity index (χ4v) is 3.43. The van der Waals surface area contributed by atoms with E-state index in [1.54, 1.807) is 12.1 Å². The van der Waals surface area contributed by atoms with Crippen molar-refractivity contribution in [3.8, 4) is 11.3 Å². The molecule has 27 heavy (non-hydrogen) atoms. The van der Waals surface area contributed by atoms with Crippen LogP contribution < -0.4 is 5.32 Å². The number of hydrogen-bond acceptors (Lipinski definition) is 3. The number of carbonyl (C=O) groups excluding carboxylic acids is 1. The third-order valence-corrected chi connectivity index (χ3v) is 5.11. The Morgan fingerprint density at radius 3 is 2.37 bits per heavy atom.